The molecule has 0 aromatic rings. The number of rotatable bonds is 12. The topological polar surface area (TPSA) is 394 Å². The van der Waals surface area contributed by atoms with E-state index in [4.69, 9.17) is 37.9 Å². The van der Waals surface area contributed by atoms with Crippen molar-refractivity contribution in [2.75, 3.05) is 26.4 Å². The first kappa shape index (κ1) is 59.9. The van der Waals surface area contributed by atoms with E-state index < -0.39 is 181 Å². The maximum absolute atomic E-state index is 12.6. The minimum atomic E-state index is -2.12. The molecule has 9 aliphatic rings. The van der Waals surface area contributed by atoms with Gasteiger partial charge in [0.2, 0.25) is 0 Å². The van der Waals surface area contributed by atoms with Gasteiger partial charge in [0.05, 0.1) is 50.8 Å². The summed E-state index contributed by atoms with van der Waals surface area (Å²) in [5.74, 6) is -1.99. The molecule has 0 aromatic heterocycles. The van der Waals surface area contributed by atoms with Crippen LogP contribution in [0.3, 0.4) is 0 Å². The first-order valence-corrected chi connectivity index (χ1v) is 27.5. The fraction of sp³-hybridized carbons (Fsp3) is 0.943. The van der Waals surface area contributed by atoms with Crippen molar-refractivity contribution >= 4 is 5.97 Å². The number of aliphatic carboxylic acids is 1. The molecule has 4 saturated carbocycles. The van der Waals surface area contributed by atoms with Crippen molar-refractivity contribution in [3.05, 3.63) is 11.6 Å². The van der Waals surface area contributed by atoms with E-state index in [1.165, 1.54) is 12.5 Å². The molecule has 77 heavy (non-hydrogen) atoms. The van der Waals surface area contributed by atoms with Gasteiger partial charge < -0.3 is 114 Å². The summed E-state index contributed by atoms with van der Waals surface area (Å²) >= 11 is 0. The molecule has 8 fully saturated rings. The van der Waals surface area contributed by atoms with Crippen LogP contribution in [-0.2, 0) is 42.7 Å². The van der Waals surface area contributed by atoms with E-state index in [-0.39, 0.29) is 36.4 Å². The Morgan fingerprint density at radius 3 is 1.90 bits per heavy atom. The van der Waals surface area contributed by atoms with E-state index in [0.717, 1.165) is 0 Å². The molecule has 24 nitrogen and oxygen atoms in total. The third-order valence-corrected chi connectivity index (χ3v) is 21.7. The van der Waals surface area contributed by atoms with Gasteiger partial charge in [-0.25, -0.2) is 4.79 Å². The highest BCUT2D eigenvalue weighted by Crippen LogP contribution is 2.76. The lowest BCUT2D eigenvalue weighted by atomic mass is 9.33. The van der Waals surface area contributed by atoms with E-state index in [1.807, 2.05) is 13.8 Å². The molecule has 0 radical (unpaired) electrons. The number of aliphatic hydroxyl groups excluding tert-OH is 14. The SMILES string of the molecule is C[C@@H]1O[C@@H](O[C@H]2[C@H](O[C@H]3[C@H](O[C@H]4CC[C@@]5(C)[C@@H](CC[C@]6(C)[C@@H]5CC=C5[C@@H]7C[C@](C)(CO)[C@H](O)[C@@H](O[C@@H]8OC[C@@H](O)[C@@H](O)[C@@H]8O)[C@]7(C)CC[C@]56C)[C@@]4(C)CO)O[C@H](C(=O)O)[C@@H](O)[C@@H]3O)O[C@H](CO)[C@@H](O)[C@@H]2O)[C@H](O)[C@H](O)[C@H]1O. The minimum absolute atomic E-state index is 0.0545. The Morgan fingerprint density at radius 2 is 1.26 bits per heavy atom. The Morgan fingerprint density at radius 1 is 0.623 bits per heavy atom. The van der Waals surface area contributed by atoms with Crippen LogP contribution in [0.5, 0.6) is 0 Å². The van der Waals surface area contributed by atoms with Crippen molar-refractivity contribution in [1.29, 1.82) is 0 Å². The monoisotopic (exact) mass is 1110 g/mol. The highest BCUT2D eigenvalue weighted by molar-refractivity contribution is 5.73. The van der Waals surface area contributed by atoms with Crippen molar-refractivity contribution < 1.29 is 119 Å². The quantitative estimate of drug-likeness (QED) is 0.0689. The summed E-state index contributed by atoms with van der Waals surface area (Å²) in [4.78, 5) is 12.6. The zero-order valence-corrected chi connectivity index (χ0v) is 44.9. The molecule has 0 unspecified atom stereocenters. The van der Waals surface area contributed by atoms with Crippen LogP contribution in [0.1, 0.15) is 99.8 Å². The van der Waals surface area contributed by atoms with Crippen LogP contribution in [0.15, 0.2) is 11.6 Å². The van der Waals surface area contributed by atoms with Crippen LogP contribution < -0.4 is 0 Å². The third kappa shape index (κ3) is 9.41. The molecule has 4 heterocycles. The molecule has 4 saturated heterocycles. The van der Waals surface area contributed by atoms with Crippen LogP contribution in [0.2, 0.25) is 0 Å². The number of hydrogen-bond donors (Lipinski definition) is 15. The first-order valence-electron chi connectivity index (χ1n) is 27.5. The minimum Gasteiger partial charge on any atom is -0.479 e. The van der Waals surface area contributed by atoms with Gasteiger partial charge in [-0.15, -0.1) is 0 Å². The number of hydrogen-bond acceptors (Lipinski definition) is 23. The summed E-state index contributed by atoms with van der Waals surface area (Å²) in [5.41, 5.74) is -2.72. The maximum atomic E-state index is 12.6. The fourth-order valence-corrected chi connectivity index (χ4v) is 16.4. The molecule has 15 N–H and O–H groups in total. The number of ether oxygens (including phenoxy) is 8. The van der Waals surface area contributed by atoms with Crippen molar-refractivity contribution in [3.63, 3.8) is 0 Å². The number of carboxylic acid groups (broad SMARTS) is 1. The van der Waals surface area contributed by atoms with Crippen LogP contribution >= 0.6 is 0 Å². The number of fused-ring (bicyclic) bond motifs is 7. The van der Waals surface area contributed by atoms with Crippen molar-refractivity contribution in [2.45, 2.75) is 235 Å². The molecule has 9 rings (SSSR count). The van der Waals surface area contributed by atoms with Gasteiger partial charge in [0, 0.05) is 16.2 Å². The molecule has 0 amide bonds. The van der Waals surface area contributed by atoms with Crippen LogP contribution in [0.4, 0.5) is 0 Å². The number of aliphatic hydroxyl groups is 14. The lowest BCUT2D eigenvalue weighted by molar-refractivity contribution is -0.396. The second kappa shape index (κ2) is 21.5. The average molecular weight is 1110 g/mol. The van der Waals surface area contributed by atoms with Crippen LogP contribution in [-0.4, -0.2) is 244 Å². The molecular weight excluding hydrogens is 1020 g/mol. The van der Waals surface area contributed by atoms with Gasteiger partial charge in [0.25, 0.3) is 0 Å². The van der Waals surface area contributed by atoms with Crippen molar-refractivity contribution in [1.82, 2.24) is 0 Å². The summed E-state index contributed by atoms with van der Waals surface area (Å²) in [6, 6.07) is 0. The number of allylic oxidation sites excluding steroid dienone is 2. The molecule has 5 aliphatic carbocycles. The smallest absolute Gasteiger partial charge is 0.335 e. The normalized spacial score (nSPS) is 56.9. The lowest BCUT2D eigenvalue weighted by Crippen LogP contribution is -2.69. The predicted octanol–water partition coefficient (Wildman–Crippen LogP) is -2.89. The summed E-state index contributed by atoms with van der Waals surface area (Å²) in [6.07, 6.45) is -28.9. The van der Waals surface area contributed by atoms with Gasteiger partial charge in [-0.2, -0.15) is 0 Å². The molecule has 24 heteroatoms. The van der Waals surface area contributed by atoms with Gasteiger partial charge in [-0.1, -0.05) is 53.2 Å². The van der Waals surface area contributed by atoms with Gasteiger partial charge in [-0.3, -0.25) is 0 Å². The van der Waals surface area contributed by atoms with E-state index in [9.17, 15) is 81.4 Å². The Kier molecular flexibility index (Phi) is 16.7. The maximum Gasteiger partial charge on any atom is 0.335 e. The Labute approximate surface area is 447 Å². The Balaban J connectivity index is 0.990. The molecule has 31 atom stereocenters. The highest BCUT2D eigenvalue weighted by atomic mass is 16.8. The number of carbonyl (C=O) groups is 1. The summed E-state index contributed by atoms with van der Waals surface area (Å²) in [5, 5.41) is 164. The van der Waals surface area contributed by atoms with Gasteiger partial charge in [-0.05, 0) is 92.3 Å². The first-order chi connectivity index (χ1) is 36.0. The summed E-state index contributed by atoms with van der Waals surface area (Å²) < 4.78 is 48.4. The second-order valence-electron chi connectivity index (χ2n) is 25.8. The largest absolute Gasteiger partial charge is 0.479 e. The molecular formula is C53H86O24. The third-order valence-electron chi connectivity index (χ3n) is 21.7. The molecule has 0 bridgehead atoms. The van der Waals surface area contributed by atoms with E-state index in [2.05, 4.69) is 33.8 Å². The fourth-order valence-electron chi connectivity index (χ4n) is 16.4. The summed E-state index contributed by atoms with van der Waals surface area (Å²) in [6.45, 7) is 12.2. The van der Waals surface area contributed by atoms with E-state index >= 15 is 0 Å². The number of carboxylic acids is 1. The Hall–Kier alpha value is -1.67. The predicted molar refractivity (Wildman–Crippen MR) is 260 cm³/mol. The van der Waals surface area contributed by atoms with Crippen LogP contribution in [0.25, 0.3) is 0 Å². The lowest BCUT2D eigenvalue weighted by Gasteiger charge is -2.72. The Bertz CT molecular complexity index is 2140. The van der Waals surface area contributed by atoms with Crippen molar-refractivity contribution in [3.8, 4) is 0 Å². The van der Waals surface area contributed by atoms with Gasteiger partial charge >= 0.3 is 5.97 Å². The van der Waals surface area contributed by atoms with E-state index in [1.54, 1.807) is 0 Å². The van der Waals surface area contributed by atoms with Gasteiger partial charge in [0.1, 0.15) is 79.4 Å². The van der Waals surface area contributed by atoms with E-state index in [0.29, 0.717) is 51.4 Å². The zero-order chi connectivity index (χ0) is 56.4. The molecule has 0 aromatic carbocycles. The highest BCUT2D eigenvalue weighted by Gasteiger charge is 2.71. The average Bonchev–Trinajstić information content (AvgIpc) is 3.54. The van der Waals surface area contributed by atoms with Crippen LogP contribution in [0, 0.1) is 50.2 Å². The van der Waals surface area contributed by atoms with Crippen molar-refractivity contribution in [2.24, 2.45) is 50.2 Å². The summed E-state index contributed by atoms with van der Waals surface area (Å²) in [7, 11) is 0. The zero-order valence-electron chi connectivity index (χ0n) is 44.9. The standard InChI is InChI=1S/C53H86O24/c1-21-29(58)32(61)37(66)45(71-21)75-39-33(62)31(60)25(17-54)72-46(39)76-40-35(64)34(63)38(43(68)69)74-47(40)73-28-11-12-50(4)26(51(28,5)20-56)10-13-53(7)27(50)9-8-22-23-16-48(2,19-55)41(67)42(49(23,3)14-15-52(22,53)6)77-44-36(65)30(59)24(57)18-70-44/h8,21,23-42,44-47,54-67H,9-20H2,1-7H3,(H,68,69)/t21-,23-,24+,25+,26+,27+,28-,29-,30+,31+,32+,33-,34-,35-,36-,37+,38-,39+,40+,41+,42+,44-,45-,46-,47+,48+,49+,50-,51+,52+,53+/m0/s1. The molecule has 4 aliphatic heterocycles. The second-order valence-corrected chi connectivity index (χ2v) is 25.8. The molecule has 0 spiro atoms. The molecule has 442 valence electrons. The van der Waals surface area contributed by atoms with Gasteiger partial charge in [0.15, 0.2) is 31.3 Å².